The third-order valence-corrected chi connectivity index (χ3v) is 5.53. The maximum absolute atomic E-state index is 13.3. The van der Waals surface area contributed by atoms with Gasteiger partial charge in [0, 0.05) is 30.5 Å². The fourth-order valence-electron chi connectivity index (χ4n) is 3.64. The topological polar surface area (TPSA) is 34.5 Å². The lowest BCUT2D eigenvalue weighted by Crippen LogP contribution is -2.32. The standard InChI is InChI=1S/C26H32N2O2/c1-4-5-8-17-28(26(29)22-13-15-25(30-3)16-14-22)20-24-12-9-18-27(24)19-23-11-7-6-10-21(23)2/h6-7,9-16,18H,4-5,8,17,19-20H2,1-3H3. The molecule has 0 aliphatic rings. The molecule has 0 N–H and O–H groups in total. The van der Waals surface area contributed by atoms with Crippen LogP contribution in [0.4, 0.5) is 0 Å². The van der Waals surface area contributed by atoms with Crippen molar-refractivity contribution in [2.45, 2.75) is 46.2 Å². The van der Waals surface area contributed by atoms with Gasteiger partial charge in [0.15, 0.2) is 0 Å². The molecule has 0 bridgehead atoms. The predicted octanol–water partition coefficient (Wildman–Crippen LogP) is 5.69. The Bertz CT molecular complexity index is 944. The summed E-state index contributed by atoms with van der Waals surface area (Å²) in [6.45, 7) is 6.50. The zero-order valence-electron chi connectivity index (χ0n) is 18.3. The molecule has 4 heteroatoms. The fourth-order valence-corrected chi connectivity index (χ4v) is 3.64. The number of rotatable bonds is 10. The van der Waals surface area contributed by atoms with Gasteiger partial charge in [-0.3, -0.25) is 4.79 Å². The van der Waals surface area contributed by atoms with E-state index in [1.807, 2.05) is 29.2 Å². The summed E-state index contributed by atoms with van der Waals surface area (Å²) in [4.78, 5) is 15.2. The van der Waals surface area contributed by atoms with E-state index in [9.17, 15) is 4.79 Å². The van der Waals surface area contributed by atoms with Crippen LogP contribution in [0.15, 0.2) is 66.9 Å². The molecule has 0 aliphatic heterocycles. The van der Waals surface area contributed by atoms with Crippen LogP contribution in [0.2, 0.25) is 0 Å². The van der Waals surface area contributed by atoms with Gasteiger partial charge in [-0.2, -0.15) is 0 Å². The number of amides is 1. The van der Waals surface area contributed by atoms with E-state index in [0.717, 1.165) is 43.8 Å². The molecule has 0 saturated carbocycles. The number of carbonyl (C=O) groups excluding carboxylic acids is 1. The highest BCUT2D eigenvalue weighted by Crippen LogP contribution is 2.18. The largest absolute Gasteiger partial charge is 0.497 e. The molecule has 30 heavy (non-hydrogen) atoms. The normalized spacial score (nSPS) is 10.8. The fraction of sp³-hybridized carbons (Fsp3) is 0.346. The van der Waals surface area contributed by atoms with Gasteiger partial charge in [-0.15, -0.1) is 0 Å². The molecule has 3 aromatic rings. The minimum absolute atomic E-state index is 0.0670. The van der Waals surface area contributed by atoms with Crippen LogP contribution in [0.25, 0.3) is 0 Å². The first-order valence-electron chi connectivity index (χ1n) is 10.7. The number of hydrogen-bond acceptors (Lipinski definition) is 2. The summed E-state index contributed by atoms with van der Waals surface area (Å²) in [7, 11) is 1.64. The minimum Gasteiger partial charge on any atom is -0.497 e. The summed E-state index contributed by atoms with van der Waals surface area (Å²) in [5.41, 5.74) is 4.43. The number of carbonyl (C=O) groups is 1. The van der Waals surface area contributed by atoms with Crippen LogP contribution in [0.3, 0.4) is 0 Å². The number of aryl methyl sites for hydroxylation is 1. The van der Waals surface area contributed by atoms with E-state index >= 15 is 0 Å². The third-order valence-electron chi connectivity index (χ3n) is 5.53. The highest BCUT2D eigenvalue weighted by atomic mass is 16.5. The van der Waals surface area contributed by atoms with Gasteiger partial charge in [0.25, 0.3) is 5.91 Å². The van der Waals surface area contributed by atoms with E-state index in [4.69, 9.17) is 4.74 Å². The van der Waals surface area contributed by atoms with Crippen LogP contribution in [-0.4, -0.2) is 29.0 Å². The van der Waals surface area contributed by atoms with Crippen LogP contribution in [-0.2, 0) is 13.1 Å². The number of nitrogens with zero attached hydrogens (tertiary/aromatic N) is 2. The van der Waals surface area contributed by atoms with Gasteiger partial charge in [-0.05, 0) is 60.9 Å². The first-order chi connectivity index (χ1) is 14.6. The molecular formula is C26H32N2O2. The van der Waals surface area contributed by atoms with Crippen molar-refractivity contribution in [3.63, 3.8) is 0 Å². The molecule has 158 valence electrons. The van der Waals surface area contributed by atoms with E-state index in [1.165, 1.54) is 11.1 Å². The van der Waals surface area contributed by atoms with Crippen LogP contribution < -0.4 is 4.74 Å². The zero-order valence-corrected chi connectivity index (χ0v) is 18.3. The molecule has 2 aromatic carbocycles. The van der Waals surface area contributed by atoms with Crippen molar-refractivity contribution < 1.29 is 9.53 Å². The molecule has 4 nitrogen and oxygen atoms in total. The quantitative estimate of drug-likeness (QED) is 0.407. The van der Waals surface area contributed by atoms with E-state index in [-0.39, 0.29) is 5.91 Å². The Balaban J connectivity index is 1.79. The Hall–Kier alpha value is -3.01. The summed E-state index contributed by atoms with van der Waals surface area (Å²) in [5, 5.41) is 0. The molecule has 1 heterocycles. The lowest BCUT2D eigenvalue weighted by molar-refractivity contribution is 0.0736. The second-order valence-corrected chi connectivity index (χ2v) is 7.72. The molecule has 1 aromatic heterocycles. The average molecular weight is 405 g/mol. The number of ether oxygens (including phenoxy) is 1. The van der Waals surface area contributed by atoms with Crippen LogP contribution in [0.1, 0.15) is 53.4 Å². The van der Waals surface area contributed by atoms with Crippen molar-refractivity contribution in [2.75, 3.05) is 13.7 Å². The van der Waals surface area contributed by atoms with Crippen molar-refractivity contribution in [2.24, 2.45) is 0 Å². The van der Waals surface area contributed by atoms with Crippen molar-refractivity contribution in [1.82, 2.24) is 9.47 Å². The molecule has 0 radical (unpaired) electrons. The smallest absolute Gasteiger partial charge is 0.254 e. The Morgan fingerprint density at radius 2 is 1.77 bits per heavy atom. The molecule has 0 atom stereocenters. The van der Waals surface area contributed by atoms with Gasteiger partial charge < -0.3 is 14.2 Å². The summed E-state index contributed by atoms with van der Waals surface area (Å²) in [6.07, 6.45) is 5.37. The van der Waals surface area contributed by atoms with E-state index in [2.05, 4.69) is 61.0 Å². The van der Waals surface area contributed by atoms with Crippen LogP contribution >= 0.6 is 0 Å². The van der Waals surface area contributed by atoms with Crippen LogP contribution in [0.5, 0.6) is 5.75 Å². The monoisotopic (exact) mass is 404 g/mol. The lowest BCUT2D eigenvalue weighted by Gasteiger charge is -2.24. The maximum Gasteiger partial charge on any atom is 0.254 e. The number of methoxy groups -OCH3 is 1. The van der Waals surface area contributed by atoms with Crippen molar-refractivity contribution in [3.05, 3.63) is 89.2 Å². The van der Waals surface area contributed by atoms with Gasteiger partial charge in [0.05, 0.1) is 13.7 Å². The maximum atomic E-state index is 13.3. The highest BCUT2D eigenvalue weighted by Gasteiger charge is 2.18. The number of benzene rings is 2. The number of unbranched alkanes of at least 4 members (excludes halogenated alkanes) is 2. The SMILES string of the molecule is CCCCCN(Cc1cccn1Cc1ccccc1C)C(=O)c1ccc(OC)cc1. The number of hydrogen-bond donors (Lipinski definition) is 0. The Labute approximate surface area is 180 Å². The Kier molecular flexibility index (Phi) is 7.72. The van der Waals surface area contributed by atoms with Crippen molar-refractivity contribution in [1.29, 1.82) is 0 Å². The second-order valence-electron chi connectivity index (χ2n) is 7.72. The third kappa shape index (κ3) is 5.53. The Morgan fingerprint density at radius 3 is 2.47 bits per heavy atom. The molecular weight excluding hydrogens is 372 g/mol. The first kappa shape index (κ1) is 21.7. The minimum atomic E-state index is 0.0670. The summed E-state index contributed by atoms with van der Waals surface area (Å²) in [5.74, 6) is 0.827. The van der Waals surface area contributed by atoms with Gasteiger partial charge in [0.1, 0.15) is 5.75 Å². The molecule has 1 amide bonds. The van der Waals surface area contributed by atoms with E-state index in [1.54, 1.807) is 7.11 Å². The summed E-state index contributed by atoms with van der Waals surface area (Å²) < 4.78 is 7.47. The van der Waals surface area contributed by atoms with Gasteiger partial charge in [-0.1, -0.05) is 44.0 Å². The van der Waals surface area contributed by atoms with Gasteiger partial charge in [0.2, 0.25) is 0 Å². The van der Waals surface area contributed by atoms with Crippen molar-refractivity contribution in [3.8, 4) is 5.75 Å². The molecule has 0 aliphatic carbocycles. The second kappa shape index (κ2) is 10.7. The van der Waals surface area contributed by atoms with E-state index in [0.29, 0.717) is 12.1 Å². The first-order valence-corrected chi connectivity index (χ1v) is 10.7. The Morgan fingerprint density at radius 1 is 1.00 bits per heavy atom. The van der Waals surface area contributed by atoms with Crippen molar-refractivity contribution >= 4 is 5.91 Å². The molecule has 0 fully saturated rings. The number of aromatic nitrogens is 1. The molecule has 3 rings (SSSR count). The van der Waals surface area contributed by atoms with E-state index < -0.39 is 0 Å². The average Bonchev–Trinajstić information content (AvgIpc) is 3.21. The molecule has 0 unspecified atom stereocenters. The van der Waals surface area contributed by atoms with Gasteiger partial charge in [-0.25, -0.2) is 0 Å². The van der Waals surface area contributed by atoms with Gasteiger partial charge >= 0.3 is 0 Å². The zero-order chi connectivity index (χ0) is 21.3. The highest BCUT2D eigenvalue weighted by molar-refractivity contribution is 5.94. The summed E-state index contributed by atoms with van der Waals surface area (Å²) in [6, 6.07) is 20.0. The van der Waals surface area contributed by atoms with Crippen LogP contribution in [0, 0.1) is 6.92 Å². The molecule has 0 saturated heterocycles. The molecule has 0 spiro atoms. The summed E-state index contributed by atoms with van der Waals surface area (Å²) >= 11 is 0. The predicted molar refractivity (Wildman–Crippen MR) is 122 cm³/mol. The lowest BCUT2D eigenvalue weighted by atomic mass is 10.1.